The van der Waals surface area contributed by atoms with Crippen molar-refractivity contribution >= 4 is 33.6 Å². The molecule has 0 atom stereocenters. The van der Waals surface area contributed by atoms with E-state index in [-0.39, 0.29) is 5.91 Å². The zero-order valence-electron chi connectivity index (χ0n) is 12.5. The zero-order chi connectivity index (χ0) is 16.7. The van der Waals surface area contributed by atoms with E-state index in [1.807, 2.05) is 37.3 Å². The summed E-state index contributed by atoms with van der Waals surface area (Å²) in [5.41, 5.74) is 1.84. The first-order valence-electron chi connectivity index (χ1n) is 7.04. The van der Waals surface area contributed by atoms with Crippen molar-refractivity contribution in [3.63, 3.8) is 0 Å². The first-order chi connectivity index (χ1) is 11.1. The second-order valence-electron chi connectivity index (χ2n) is 4.60. The summed E-state index contributed by atoms with van der Waals surface area (Å²) in [6, 6.07) is 14.6. The van der Waals surface area contributed by atoms with E-state index in [4.69, 9.17) is 10.00 Å². The van der Waals surface area contributed by atoms with Gasteiger partial charge in [0, 0.05) is 10.5 Å². The van der Waals surface area contributed by atoms with E-state index in [2.05, 4.69) is 21.2 Å². The Labute approximate surface area is 143 Å². The smallest absolute Gasteiger partial charge is 0.248 e. The number of carbonyl (C=O) groups is 1. The van der Waals surface area contributed by atoms with E-state index in [1.165, 1.54) is 6.08 Å². The second kappa shape index (κ2) is 8.16. The van der Waals surface area contributed by atoms with E-state index in [9.17, 15) is 4.79 Å². The molecule has 0 unspecified atom stereocenters. The summed E-state index contributed by atoms with van der Waals surface area (Å²) in [5.74, 6) is 0.242. The summed E-state index contributed by atoms with van der Waals surface area (Å²) in [6.45, 7) is 2.33. The maximum atomic E-state index is 12.1. The van der Waals surface area contributed by atoms with Gasteiger partial charge >= 0.3 is 0 Å². The highest BCUT2D eigenvalue weighted by molar-refractivity contribution is 9.10. The number of ether oxygens (including phenoxy) is 1. The Balaban J connectivity index is 2.16. The van der Waals surface area contributed by atoms with Gasteiger partial charge in [-0.15, -0.1) is 0 Å². The number of hydrogen-bond acceptors (Lipinski definition) is 3. The van der Waals surface area contributed by atoms with Gasteiger partial charge in [0.1, 0.15) is 5.75 Å². The molecular weight excluding hydrogens is 356 g/mol. The predicted molar refractivity (Wildman–Crippen MR) is 94.1 cm³/mol. The van der Waals surface area contributed by atoms with Gasteiger partial charge in [-0.1, -0.05) is 34.1 Å². The summed E-state index contributed by atoms with van der Waals surface area (Å²) in [5, 5.41) is 11.7. The highest BCUT2D eigenvalue weighted by atomic mass is 79.9. The number of benzene rings is 2. The number of nitrogens with zero attached hydrogens (tertiary/aromatic N) is 1. The Morgan fingerprint density at radius 1 is 1.35 bits per heavy atom. The number of nitriles is 1. The summed E-state index contributed by atoms with van der Waals surface area (Å²) in [4.78, 5) is 12.1. The van der Waals surface area contributed by atoms with Crippen LogP contribution in [0.15, 0.2) is 53.0 Å². The van der Waals surface area contributed by atoms with Crippen molar-refractivity contribution < 1.29 is 9.53 Å². The largest absolute Gasteiger partial charge is 0.492 e. The Morgan fingerprint density at radius 3 is 2.83 bits per heavy atom. The highest BCUT2D eigenvalue weighted by Crippen LogP contribution is 2.26. The second-order valence-corrected chi connectivity index (χ2v) is 5.45. The maximum absolute atomic E-state index is 12.1. The Hall–Kier alpha value is -2.58. The van der Waals surface area contributed by atoms with Crippen molar-refractivity contribution in [2.45, 2.75) is 6.92 Å². The van der Waals surface area contributed by atoms with Gasteiger partial charge in [-0.05, 0) is 42.8 Å². The van der Waals surface area contributed by atoms with Gasteiger partial charge in [0.05, 0.1) is 23.9 Å². The molecule has 0 radical (unpaired) electrons. The minimum absolute atomic E-state index is 0.295. The quantitative estimate of drug-likeness (QED) is 0.794. The van der Waals surface area contributed by atoms with E-state index >= 15 is 0 Å². The van der Waals surface area contributed by atoms with Crippen LogP contribution in [0.3, 0.4) is 0 Å². The Bertz CT molecular complexity index is 779. The van der Waals surface area contributed by atoms with Crippen LogP contribution >= 0.6 is 15.9 Å². The van der Waals surface area contributed by atoms with E-state index in [1.54, 1.807) is 24.3 Å². The molecule has 2 aromatic rings. The standard InChI is InChI=1S/C18H15BrN2O2/c1-2-23-17-9-7-13(12-20)11-16(17)21-18(22)10-8-14-5-3-4-6-15(14)19/h3-11H,2H2,1H3,(H,21,22)/b10-8+. The van der Waals surface area contributed by atoms with Crippen LogP contribution in [0.2, 0.25) is 0 Å². The molecule has 0 fully saturated rings. The lowest BCUT2D eigenvalue weighted by atomic mass is 10.2. The van der Waals surface area contributed by atoms with Gasteiger partial charge in [-0.2, -0.15) is 5.26 Å². The minimum Gasteiger partial charge on any atom is -0.492 e. The van der Waals surface area contributed by atoms with Crippen LogP contribution in [0.1, 0.15) is 18.1 Å². The van der Waals surface area contributed by atoms with Crippen molar-refractivity contribution in [2.75, 3.05) is 11.9 Å². The molecule has 0 aliphatic rings. The van der Waals surface area contributed by atoms with Gasteiger partial charge in [0.25, 0.3) is 0 Å². The topological polar surface area (TPSA) is 62.1 Å². The first kappa shape index (κ1) is 16.8. The lowest BCUT2D eigenvalue weighted by Gasteiger charge is -2.10. The molecular formula is C18H15BrN2O2. The number of amides is 1. The van der Waals surface area contributed by atoms with Crippen molar-refractivity contribution in [3.8, 4) is 11.8 Å². The van der Waals surface area contributed by atoms with Gasteiger partial charge in [0.2, 0.25) is 5.91 Å². The van der Waals surface area contributed by atoms with Crippen LogP contribution in [0.4, 0.5) is 5.69 Å². The molecule has 2 aromatic carbocycles. The number of hydrogen-bond donors (Lipinski definition) is 1. The molecule has 1 N–H and O–H groups in total. The third-order valence-electron chi connectivity index (χ3n) is 2.99. The Kier molecular flexibility index (Phi) is 5.95. The fourth-order valence-electron chi connectivity index (χ4n) is 1.93. The van der Waals surface area contributed by atoms with E-state index in [0.717, 1.165) is 10.0 Å². The van der Waals surface area contributed by atoms with Gasteiger partial charge in [-0.3, -0.25) is 4.79 Å². The van der Waals surface area contributed by atoms with Crippen molar-refractivity contribution in [2.24, 2.45) is 0 Å². The summed E-state index contributed by atoms with van der Waals surface area (Å²) < 4.78 is 6.37. The van der Waals surface area contributed by atoms with Crippen LogP contribution < -0.4 is 10.1 Å². The molecule has 116 valence electrons. The third kappa shape index (κ3) is 4.70. The molecule has 0 bridgehead atoms. The van der Waals surface area contributed by atoms with Crippen LogP contribution in [-0.4, -0.2) is 12.5 Å². The Morgan fingerprint density at radius 2 is 2.13 bits per heavy atom. The van der Waals surface area contributed by atoms with Crippen molar-refractivity contribution in [1.29, 1.82) is 5.26 Å². The number of rotatable bonds is 5. The average molecular weight is 371 g/mol. The van der Waals surface area contributed by atoms with Gasteiger partial charge in [-0.25, -0.2) is 0 Å². The fourth-order valence-corrected chi connectivity index (χ4v) is 2.35. The molecule has 0 aliphatic heterocycles. The molecule has 0 aliphatic carbocycles. The van der Waals surface area contributed by atoms with E-state index in [0.29, 0.717) is 23.6 Å². The van der Waals surface area contributed by atoms with Crippen LogP contribution in [0, 0.1) is 11.3 Å². The average Bonchev–Trinajstić information content (AvgIpc) is 2.56. The first-order valence-corrected chi connectivity index (χ1v) is 7.84. The maximum Gasteiger partial charge on any atom is 0.248 e. The third-order valence-corrected chi connectivity index (χ3v) is 3.71. The van der Waals surface area contributed by atoms with Gasteiger partial charge in [0.15, 0.2) is 0 Å². The van der Waals surface area contributed by atoms with Gasteiger partial charge < -0.3 is 10.1 Å². The number of halogens is 1. The predicted octanol–water partition coefficient (Wildman–Crippen LogP) is 4.37. The minimum atomic E-state index is -0.295. The van der Waals surface area contributed by atoms with Crippen LogP contribution in [-0.2, 0) is 4.79 Å². The summed E-state index contributed by atoms with van der Waals surface area (Å²) in [6.07, 6.45) is 3.16. The lowest BCUT2D eigenvalue weighted by molar-refractivity contribution is -0.111. The summed E-state index contributed by atoms with van der Waals surface area (Å²) in [7, 11) is 0. The number of nitrogens with one attached hydrogen (secondary N) is 1. The normalized spacial score (nSPS) is 10.3. The van der Waals surface area contributed by atoms with Crippen molar-refractivity contribution in [1.82, 2.24) is 0 Å². The number of carbonyl (C=O) groups excluding carboxylic acids is 1. The van der Waals surface area contributed by atoms with Crippen LogP contribution in [0.25, 0.3) is 6.08 Å². The molecule has 23 heavy (non-hydrogen) atoms. The molecule has 0 heterocycles. The highest BCUT2D eigenvalue weighted by Gasteiger charge is 2.07. The molecule has 4 nitrogen and oxygen atoms in total. The molecule has 5 heteroatoms. The molecule has 2 rings (SSSR count). The molecule has 0 saturated carbocycles. The van der Waals surface area contributed by atoms with Crippen molar-refractivity contribution in [3.05, 3.63) is 64.1 Å². The number of anilines is 1. The molecule has 0 spiro atoms. The molecule has 0 aromatic heterocycles. The zero-order valence-corrected chi connectivity index (χ0v) is 14.1. The molecule has 1 amide bonds. The van der Waals surface area contributed by atoms with E-state index < -0.39 is 0 Å². The SMILES string of the molecule is CCOc1ccc(C#N)cc1NC(=O)/C=C/c1ccccc1Br. The monoisotopic (exact) mass is 370 g/mol. The summed E-state index contributed by atoms with van der Waals surface area (Å²) >= 11 is 3.43. The fraction of sp³-hybridized carbons (Fsp3) is 0.111. The lowest BCUT2D eigenvalue weighted by Crippen LogP contribution is -2.09. The van der Waals surface area contributed by atoms with Crippen LogP contribution in [0.5, 0.6) is 5.75 Å². The molecule has 0 saturated heterocycles.